The summed E-state index contributed by atoms with van der Waals surface area (Å²) in [6, 6.07) is 11.6. The maximum atomic E-state index is 5.73. The van der Waals surface area contributed by atoms with E-state index in [1.165, 1.54) is 0 Å². The Balaban J connectivity index is 2.33. The standard InChI is InChI=1S/C13H12BrIN2O/c1-18-9-3-4-10(14)13(7-9)17-12-5-2-8(16)6-11(12)15/h2-7,17H,16H2,1H3. The zero-order valence-corrected chi connectivity index (χ0v) is 13.4. The fraction of sp³-hybridized carbons (Fsp3) is 0.0769. The van der Waals surface area contributed by atoms with E-state index in [1.807, 2.05) is 36.4 Å². The number of benzene rings is 2. The van der Waals surface area contributed by atoms with Gasteiger partial charge in [-0.05, 0) is 68.9 Å². The van der Waals surface area contributed by atoms with Gasteiger partial charge in [0.15, 0.2) is 0 Å². The Labute approximate surface area is 128 Å². The van der Waals surface area contributed by atoms with E-state index >= 15 is 0 Å². The Morgan fingerprint density at radius 3 is 2.61 bits per heavy atom. The van der Waals surface area contributed by atoms with Gasteiger partial charge in [-0.25, -0.2) is 0 Å². The normalized spacial score (nSPS) is 10.2. The summed E-state index contributed by atoms with van der Waals surface area (Å²) in [5.41, 5.74) is 8.46. The third-order valence-electron chi connectivity index (χ3n) is 2.44. The molecule has 2 rings (SSSR count). The van der Waals surface area contributed by atoms with E-state index in [9.17, 15) is 0 Å². The molecule has 3 N–H and O–H groups in total. The van der Waals surface area contributed by atoms with Gasteiger partial charge in [-0.15, -0.1) is 0 Å². The molecule has 0 spiro atoms. The van der Waals surface area contributed by atoms with Crippen molar-refractivity contribution in [1.29, 1.82) is 0 Å². The number of anilines is 3. The zero-order valence-electron chi connectivity index (χ0n) is 9.71. The van der Waals surface area contributed by atoms with E-state index in [4.69, 9.17) is 10.5 Å². The summed E-state index contributed by atoms with van der Waals surface area (Å²) in [5, 5.41) is 3.35. The predicted molar refractivity (Wildman–Crippen MR) is 87.5 cm³/mol. The quantitative estimate of drug-likeness (QED) is 0.574. The van der Waals surface area contributed by atoms with Crippen LogP contribution in [-0.2, 0) is 0 Å². The summed E-state index contributed by atoms with van der Waals surface area (Å²) >= 11 is 5.76. The molecular formula is C13H12BrIN2O. The van der Waals surface area contributed by atoms with Crippen LogP contribution in [0.2, 0.25) is 0 Å². The highest BCUT2D eigenvalue weighted by Gasteiger charge is 2.05. The first-order chi connectivity index (χ1) is 8.60. The van der Waals surface area contributed by atoms with Gasteiger partial charge in [0, 0.05) is 19.8 Å². The van der Waals surface area contributed by atoms with Crippen LogP contribution in [0.15, 0.2) is 40.9 Å². The molecule has 0 amide bonds. The van der Waals surface area contributed by atoms with E-state index in [0.717, 1.165) is 30.9 Å². The minimum Gasteiger partial charge on any atom is -0.497 e. The molecule has 0 saturated heterocycles. The fourth-order valence-electron chi connectivity index (χ4n) is 1.50. The van der Waals surface area contributed by atoms with Crippen LogP contribution in [0.3, 0.4) is 0 Å². The Morgan fingerprint density at radius 1 is 1.17 bits per heavy atom. The molecule has 0 aliphatic carbocycles. The Hall–Kier alpha value is -0.950. The second kappa shape index (κ2) is 5.79. The average molecular weight is 419 g/mol. The molecule has 0 atom stereocenters. The maximum absolute atomic E-state index is 5.73. The predicted octanol–water partition coefficient (Wildman–Crippen LogP) is 4.39. The zero-order chi connectivity index (χ0) is 13.1. The molecular weight excluding hydrogens is 407 g/mol. The average Bonchev–Trinajstić information content (AvgIpc) is 2.35. The number of rotatable bonds is 3. The second-order valence-corrected chi connectivity index (χ2v) is 5.73. The monoisotopic (exact) mass is 418 g/mol. The second-order valence-electron chi connectivity index (χ2n) is 3.71. The van der Waals surface area contributed by atoms with E-state index in [-0.39, 0.29) is 0 Å². The lowest BCUT2D eigenvalue weighted by Crippen LogP contribution is -1.96. The molecule has 0 bridgehead atoms. The van der Waals surface area contributed by atoms with Crippen LogP contribution in [0.5, 0.6) is 5.75 Å². The minimum atomic E-state index is 0.759. The molecule has 5 heteroatoms. The van der Waals surface area contributed by atoms with Crippen molar-refractivity contribution in [2.75, 3.05) is 18.2 Å². The molecule has 0 unspecified atom stereocenters. The lowest BCUT2D eigenvalue weighted by Gasteiger charge is -2.12. The van der Waals surface area contributed by atoms with E-state index < -0.39 is 0 Å². The van der Waals surface area contributed by atoms with Gasteiger partial charge in [-0.3, -0.25) is 0 Å². The number of methoxy groups -OCH3 is 1. The summed E-state index contributed by atoms with van der Waals surface area (Å²) in [7, 11) is 1.65. The summed E-state index contributed by atoms with van der Waals surface area (Å²) in [6.45, 7) is 0. The van der Waals surface area contributed by atoms with Gasteiger partial charge in [-0.2, -0.15) is 0 Å². The number of nitrogens with two attached hydrogens (primary N) is 1. The van der Waals surface area contributed by atoms with Gasteiger partial charge < -0.3 is 15.8 Å². The number of hydrogen-bond donors (Lipinski definition) is 2. The van der Waals surface area contributed by atoms with E-state index in [0.29, 0.717) is 0 Å². The van der Waals surface area contributed by atoms with Crippen molar-refractivity contribution >= 4 is 55.6 Å². The molecule has 0 aliphatic heterocycles. The van der Waals surface area contributed by atoms with Crippen molar-refractivity contribution in [1.82, 2.24) is 0 Å². The lowest BCUT2D eigenvalue weighted by molar-refractivity contribution is 0.415. The third-order valence-corrected chi connectivity index (χ3v) is 4.02. The van der Waals surface area contributed by atoms with Crippen molar-refractivity contribution in [2.24, 2.45) is 0 Å². The summed E-state index contributed by atoms with van der Waals surface area (Å²) in [5.74, 6) is 0.811. The van der Waals surface area contributed by atoms with Crippen LogP contribution < -0.4 is 15.8 Å². The molecule has 0 saturated carbocycles. The number of halogens is 2. The van der Waals surface area contributed by atoms with E-state index in [1.54, 1.807) is 7.11 Å². The van der Waals surface area contributed by atoms with Crippen molar-refractivity contribution in [3.05, 3.63) is 44.4 Å². The first-order valence-corrected chi connectivity index (χ1v) is 7.13. The Morgan fingerprint density at radius 2 is 1.94 bits per heavy atom. The Kier molecular flexibility index (Phi) is 4.34. The van der Waals surface area contributed by atoms with Gasteiger partial charge in [-0.1, -0.05) is 0 Å². The summed E-state index contributed by atoms with van der Waals surface area (Å²) in [6.07, 6.45) is 0. The molecule has 94 valence electrons. The van der Waals surface area contributed by atoms with Crippen LogP contribution in [0.25, 0.3) is 0 Å². The van der Waals surface area contributed by atoms with Gasteiger partial charge in [0.1, 0.15) is 5.75 Å². The molecule has 18 heavy (non-hydrogen) atoms. The SMILES string of the molecule is COc1ccc(Br)c(Nc2ccc(N)cc2I)c1. The van der Waals surface area contributed by atoms with Crippen LogP contribution in [0, 0.1) is 3.57 Å². The molecule has 0 aromatic heterocycles. The highest BCUT2D eigenvalue weighted by atomic mass is 127. The molecule has 0 fully saturated rings. The highest BCUT2D eigenvalue weighted by molar-refractivity contribution is 14.1. The van der Waals surface area contributed by atoms with Crippen LogP contribution in [0.1, 0.15) is 0 Å². The summed E-state index contributed by atoms with van der Waals surface area (Å²) < 4.78 is 7.27. The van der Waals surface area contributed by atoms with Crippen LogP contribution in [-0.4, -0.2) is 7.11 Å². The maximum Gasteiger partial charge on any atom is 0.121 e. The van der Waals surface area contributed by atoms with Crippen LogP contribution >= 0.6 is 38.5 Å². The first-order valence-electron chi connectivity index (χ1n) is 5.26. The van der Waals surface area contributed by atoms with Crippen LogP contribution in [0.4, 0.5) is 17.1 Å². The number of nitrogen functional groups attached to an aromatic ring is 1. The van der Waals surface area contributed by atoms with Crippen molar-refractivity contribution < 1.29 is 4.74 Å². The number of hydrogen-bond acceptors (Lipinski definition) is 3. The largest absolute Gasteiger partial charge is 0.497 e. The number of nitrogens with one attached hydrogen (secondary N) is 1. The molecule has 0 heterocycles. The highest BCUT2D eigenvalue weighted by Crippen LogP contribution is 2.31. The number of ether oxygens (including phenoxy) is 1. The topological polar surface area (TPSA) is 47.3 Å². The smallest absolute Gasteiger partial charge is 0.121 e. The van der Waals surface area contributed by atoms with Crippen molar-refractivity contribution in [3.8, 4) is 5.75 Å². The van der Waals surface area contributed by atoms with Gasteiger partial charge in [0.05, 0.1) is 18.5 Å². The van der Waals surface area contributed by atoms with Gasteiger partial charge in [0.2, 0.25) is 0 Å². The van der Waals surface area contributed by atoms with Gasteiger partial charge >= 0.3 is 0 Å². The molecule has 2 aromatic carbocycles. The summed E-state index contributed by atoms with van der Waals surface area (Å²) in [4.78, 5) is 0. The first kappa shape index (κ1) is 13.5. The molecule has 0 radical (unpaired) electrons. The van der Waals surface area contributed by atoms with Crippen molar-refractivity contribution in [3.63, 3.8) is 0 Å². The Bertz CT molecular complexity index is 575. The fourth-order valence-corrected chi connectivity index (χ4v) is 2.52. The van der Waals surface area contributed by atoms with E-state index in [2.05, 4.69) is 43.8 Å². The molecule has 2 aromatic rings. The van der Waals surface area contributed by atoms with Crippen molar-refractivity contribution in [2.45, 2.75) is 0 Å². The lowest BCUT2D eigenvalue weighted by atomic mass is 10.2. The third kappa shape index (κ3) is 3.08. The minimum absolute atomic E-state index is 0.759. The molecule has 0 aliphatic rings. The molecule has 3 nitrogen and oxygen atoms in total. The van der Waals surface area contributed by atoms with Gasteiger partial charge in [0.25, 0.3) is 0 Å².